The lowest BCUT2D eigenvalue weighted by Crippen LogP contribution is -2.42. The average molecular weight is 277 g/mol. The van der Waals surface area contributed by atoms with Crippen LogP contribution in [-0.2, 0) is 18.2 Å². The zero-order valence-electron chi connectivity index (χ0n) is 12.8. The molecule has 0 amide bonds. The van der Waals surface area contributed by atoms with Crippen LogP contribution >= 0.6 is 0 Å². The first kappa shape index (κ1) is 14.1. The highest BCUT2D eigenvalue weighted by Gasteiger charge is 2.50. The summed E-state index contributed by atoms with van der Waals surface area (Å²) in [5, 5.41) is 7.87. The van der Waals surface area contributed by atoms with Crippen molar-refractivity contribution < 1.29 is 4.74 Å². The molecule has 1 aliphatic carbocycles. The van der Waals surface area contributed by atoms with Crippen LogP contribution in [0.3, 0.4) is 0 Å². The van der Waals surface area contributed by atoms with Gasteiger partial charge in [0.1, 0.15) is 0 Å². The Bertz CT molecular complexity index is 441. The molecule has 1 aromatic heterocycles. The molecule has 1 aliphatic heterocycles. The standard InChI is InChI=1S/C16H27N3O/c1-3-17-12-16(8-6-14-7-10-18-19(14)2)9-11-20-15(16)13-4-5-13/h7,10,13,15,17H,3-6,8-9,11-12H2,1-2H3. The minimum atomic E-state index is 0.335. The van der Waals surface area contributed by atoms with Crippen LogP contribution in [0, 0.1) is 11.3 Å². The molecule has 2 heterocycles. The Morgan fingerprint density at radius 1 is 1.50 bits per heavy atom. The summed E-state index contributed by atoms with van der Waals surface area (Å²) in [6, 6.07) is 2.14. The van der Waals surface area contributed by atoms with Crippen molar-refractivity contribution in [1.82, 2.24) is 15.1 Å². The van der Waals surface area contributed by atoms with E-state index in [1.54, 1.807) is 0 Å². The summed E-state index contributed by atoms with van der Waals surface area (Å²) in [6.45, 7) is 5.28. The molecule has 0 radical (unpaired) electrons. The number of ether oxygens (including phenoxy) is 1. The molecule has 20 heavy (non-hydrogen) atoms. The van der Waals surface area contributed by atoms with E-state index in [1.807, 2.05) is 17.9 Å². The first-order valence-corrected chi connectivity index (χ1v) is 8.04. The number of rotatable bonds is 7. The van der Waals surface area contributed by atoms with Gasteiger partial charge in [0.2, 0.25) is 0 Å². The molecule has 0 bridgehead atoms. The van der Waals surface area contributed by atoms with Gasteiger partial charge in [-0.3, -0.25) is 4.68 Å². The molecular weight excluding hydrogens is 250 g/mol. The smallest absolute Gasteiger partial charge is 0.0672 e. The van der Waals surface area contributed by atoms with Gasteiger partial charge in [0, 0.05) is 37.5 Å². The van der Waals surface area contributed by atoms with Crippen LogP contribution in [-0.4, -0.2) is 35.6 Å². The molecular formula is C16H27N3O. The van der Waals surface area contributed by atoms with Crippen LogP contribution in [0.5, 0.6) is 0 Å². The van der Waals surface area contributed by atoms with Gasteiger partial charge in [-0.05, 0) is 50.6 Å². The molecule has 112 valence electrons. The lowest BCUT2D eigenvalue weighted by Gasteiger charge is -2.35. The second-order valence-electron chi connectivity index (χ2n) is 6.47. The Morgan fingerprint density at radius 3 is 3.00 bits per heavy atom. The van der Waals surface area contributed by atoms with Gasteiger partial charge >= 0.3 is 0 Å². The van der Waals surface area contributed by atoms with Crippen molar-refractivity contribution in [3.63, 3.8) is 0 Å². The summed E-state index contributed by atoms with van der Waals surface area (Å²) < 4.78 is 8.13. The van der Waals surface area contributed by atoms with E-state index in [0.29, 0.717) is 11.5 Å². The zero-order chi connectivity index (χ0) is 14.0. The fraction of sp³-hybridized carbons (Fsp3) is 0.812. The fourth-order valence-corrected chi connectivity index (χ4v) is 3.69. The highest BCUT2D eigenvalue weighted by atomic mass is 16.5. The summed E-state index contributed by atoms with van der Waals surface area (Å²) in [5.41, 5.74) is 1.67. The number of hydrogen-bond donors (Lipinski definition) is 1. The van der Waals surface area contributed by atoms with Crippen molar-refractivity contribution in [2.45, 2.75) is 45.1 Å². The first-order valence-electron chi connectivity index (χ1n) is 8.04. The number of nitrogens with zero attached hydrogens (tertiary/aromatic N) is 2. The summed E-state index contributed by atoms with van der Waals surface area (Å²) in [6.07, 6.45) is 8.63. The van der Waals surface area contributed by atoms with Crippen molar-refractivity contribution in [2.75, 3.05) is 19.7 Å². The molecule has 1 saturated carbocycles. The van der Waals surface area contributed by atoms with Crippen molar-refractivity contribution in [3.8, 4) is 0 Å². The number of nitrogens with one attached hydrogen (secondary N) is 1. The van der Waals surface area contributed by atoms with Crippen LogP contribution in [0.15, 0.2) is 12.3 Å². The Balaban J connectivity index is 1.70. The van der Waals surface area contributed by atoms with Crippen LogP contribution in [0.1, 0.15) is 38.3 Å². The van der Waals surface area contributed by atoms with E-state index in [-0.39, 0.29) is 0 Å². The number of aryl methyl sites for hydroxylation is 2. The summed E-state index contributed by atoms with van der Waals surface area (Å²) >= 11 is 0. The summed E-state index contributed by atoms with van der Waals surface area (Å²) in [4.78, 5) is 0. The number of aromatic nitrogens is 2. The van der Waals surface area contributed by atoms with Crippen LogP contribution < -0.4 is 5.32 Å². The zero-order valence-corrected chi connectivity index (χ0v) is 12.8. The lowest BCUT2D eigenvalue weighted by molar-refractivity contribution is 0.0267. The van der Waals surface area contributed by atoms with E-state index < -0.39 is 0 Å². The van der Waals surface area contributed by atoms with E-state index in [9.17, 15) is 0 Å². The SMILES string of the molecule is CCNCC1(CCc2ccnn2C)CCOC1C1CC1. The molecule has 1 saturated heterocycles. The topological polar surface area (TPSA) is 39.1 Å². The molecule has 2 aliphatic rings. The van der Waals surface area contributed by atoms with Gasteiger partial charge in [-0.1, -0.05) is 6.92 Å². The second kappa shape index (κ2) is 5.86. The summed E-state index contributed by atoms with van der Waals surface area (Å²) in [7, 11) is 2.04. The monoisotopic (exact) mass is 277 g/mol. The fourth-order valence-electron chi connectivity index (χ4n) is 3.69. The first-order chi connectivity index (χ1) is 9.75. The van der Waals surface area contributed by atoms with Crippen LogP contribution in [0.25, 0.3) is 0 Å². The second-order valence-corrected chi connectivity index (χ2v) is 6.47. The molecule has 2 unspecified atom stereocenters. The van der Waals surface area contributed by atoms with Gasteiger partial charge < -0.3 is 10.1 Å². The third kappa shape index (κ3) is 2.77. The Hall–Kier alpha value is -0.870. The minimum Gasteiger partial charge on any atom is -0.377 e. The molecule has 4 nitrogen and oxygen atoms in total. The van der Waals surface area contributed by atoms with E-state index >= 15 is 0 Å². The van der Waals surface area contributed by atoms with Gasteiger partial charge in [0.25, 0.3) is 0 Å². The van der Waals surface area contributed by atoms with Gasteiger partial charge in [-0.25, -0.2) is 0 Å². The minimum absolute atomic E-state index is 0.335. The van der Waals surface area contributed by atoms with E-state index in [1.165, 1.54) is 31.4 Å². The number of hydrogen-bond acceptors (Lipinski definition) is 3. The quantitative estimate of drug-likeness (QED) is 0.830. The maximum atomic E-state index is 6.13. The predicted octanol–water partition coefficient (Wildman–Crippen LogP) is 2.15. The third-order valence-electron chi connectivity index (χ3n) is 5.08. The average Bonchev–Trinajstić information content (AvgIpc) is 3.08. The maximum Gasteiger partial charge on any atom is 0.0672 e. The molecule has 1 aromatic rings. The predicted molar refractivity (Wildman–Crippen MR) is 79.6 cm³/mol. The highest BCUT2D eigenvalue weighted by molar-refractivity contribution is 5.05. The van der Waals surface area contributed by atoms with Gasteiger partial charge in [0.15, 0.2) is 0 Å². The highest BCUT2D eigenvalue weighted by Crippen LogP contribution is 2.49. The molecule has 4 heteroatoms. The van der Waals surface area contributed by atoms with Crippen molar-refractivity contribution in [1.29, 1.82) is 0 Å². The molecule has 1 N–H and O–H groups in total. The lowest BCUT2D eigenvalue weighted by atomic mass is 9.74. The third-order valence-corrected chi connectivity index (χ3v) is 5.08. The maximum absolute atomic E-state index is 6.13. The molecule has 0 spiro atoms. The Kier molecular flexibility index (Phi) is 4.13. The van der Waals surface area contributed by atoms with Gasteiger partial charge in [0.05, 0.1) is 6.10 Å². The van der Waals surface area contributed by atoms with Gasteiger partial charge in [-0.2, -0.15) is 5.10 Å². The van der Waals surface area contributed by atoms with Crippen molar-refractivity contribution in [2.24, 2.45) is 18.4 Å². The Morgan fingerprint density at radius 2 is 2.35 bits per heavy atom. The van der Waals surface area contributed by atoms with Gasteiger partial charge in [-0.15, -0.1) is 0 Å². The van der Waals surface area contributed by atoms with E-state index in [2.05, 4.69) is 23.4 Å². The van der Waals surface area contributed by atoms with Crippen LogP contribution in [0.4, 0.5) is 0 Å². The van der Waals surface area contributed by atoms with E-state index in [4.69, 9.17) is 4.74 Å². The Labute approximate surface area is 121 Å². The molecule has 2 fully saturated rings. The van der Waals surface area contributed by atoms with Crippen molar-refractivity contribution >= 4 is 0 Å². The van der Waals surface area contributed by atoms with Crippen LogP contribution in [0.2, 0.25) is 0 Å². The molecule has 2 atom stereocenters. The molecule has 3 rings (SSSR count). The largest absolute Gasteiger partial charge is 0.377 e. The van der Waals surface area contributed by atoms with Crippen molar-refractivity contribution in [3.05, 3.63) is 18.0 Å². The summed E-state index contributed by atoms with van der Waals surface area (Å²) in [5.74, 6) is 0.822. The van der Waals surface area contributed by atoms with E-state index in [0.717, 1.165) is 32.0 Å². The molecule has 0 aromatic carbocycles. The normalized spacial score (nSPS) is 30.0.